The van der Waals surface area contributed by atoms with Gasteiger partial charge in [-0.25, -0.2) is 4.98 Å². The fraction of sp³-hybridized carbons (Fsp3) is 0.273. The molecule has 0 bridgehead atoms. The van der Waals surface area contributed by atoms with Crippen molar-refractivity contribution in [2.24, 2.45) is 0 Å². The molecule has 0 aromatic carbocycles. The van der Waals surface area contributed by atoms with E-state index in [4.69, 9.17) is 10.7 Å². The molecule has 0 atom stereocenters. The van der Waals surface area contributed by atoms with E-state index in [0.717, 1.165) is 63.6 Å². The molecule has 7 nitrogen and oxygen atoms in total. The van der Waals surface area contributed by atoms with Crippen molar-refractivity contribution < 1.29 is 4.21 Å². The number of nitrogens with two attached hydrogens (primary N) is 1. The zero-order valence-corrected chi connectivity index (χ0v) is 17.5. The molecule has 0 unspecified atom stereocenters. The van der Waals surface area contributed by atoms with E-state index < -0.39 is 10.8 Å². The second-order valence-corrected chi connectivity index (χ2v) is 9.29. The number of fused-ring (bicyclic) bond motifs is 1. The monoisotopic (exact) mass is 418 g/mol. The summed E-state index contributed by atoms with van der Waals surface area (Å²) < 4.78 is 13.5. The number of pyridine rings is 2. The first-order valence-electron chi connectivity index (χ1n) is 9.97. The molecule has 152 valence electrons. The molecule has 5 heterocycles. The van der Waals surface area contributed by atoms with Crippen LogP contribution in [-0.4, -0.2) is 40.3 Å². The maximum Gasteiger partial charge on any atom is 0.165 e. The summed E-state index contributed by atoms with van der Waals surface area (Å²) in [5.74, 6) is 2.34. The number of hydrogen-bond donors (Lipinski definition) is 1. The van der Waals surface area contributed by atoms with Crippen molar-refractivity contribution in [3.63, 3.8) is 0 Å². The Morgan fingerprint density at radius 2 is 1.93 bits per heavy atom. The van der Waals surface area contributed by atoms with E-state index in [0.29, 0.717) is 5.82 Å². The van der Waals surface area contributed by atoms with Gasteiger partial charge in [-0.3, -0.25) is 14.2 Å². The fourth-order valence-corrected chi connectivity index (χ4v) is 5.32. The van der Waals surface area contributed by atoms with Crippen LogP contribution in [0, 0.1) is 6.92 Å². The Morgan fingerprint density at radius 3 is 2.63 bits per heavy atom. The number of nitrogen functional groups attached to an aromatic ring is 1. The highest BCUT2D eigenvalue weighted by atomic mass is 32.2. The van der Waals surface area contributed by atoms with Gasteiger partial charge < -0.3 is 5.73 Å². The van der Waals surface area contributed by atoms with E-state index in [9.17, 15) is 4.21 Å². The van der Waals surface area contributed by atoms with Gasteiger partial charge in [0.1, 0.15) is 5.82 Å². The van der Waals surface area contributed by atoms with Gasteiger partial charge in [-0.2, -0.15) is 9.61 Å². The lowest BCUT2D eigenvalue weighted by molar-refractivity contribution is 0.590. The predicted octanol–water partition coefficient (Wildman–Crippen LogP) is 3.37. The highest BCUT2D eigenvalue weighted by Gasteiger charge is 2.25. The lowest BCUT2D eigenvalue weighted by Gasteiger charge is -2.23. The van der Waals surface area contributed by atoms with Gasteiger partial charge in [-0.15, -0.1) is 0 Å². The third kappa shape index (κ3) is 3.27. The van der Waals surface area contributed by atoms with Gasteiger partial charge in [0.2, 0.25) is 0 Å². The van der Waals surface area contributed by atoms with Crippen molar-refractivity contribution >= 4 is 22.3 Å². The third-order valence-electron chi connectivity index (χ3n) is 5.77. The molecular weight excluding hydrogens is 396 g/mol. The number of anilines is 1. The topological polar surface area (TPSA) is 99.1 Å². The van der Waals surface area contributed by atoms with E-state index >= 15 is 0 Å². The molecule has 0 spiro atoms. The van der Waals surface area contributed by atoms with E-state index in [1.54, 1.807) is 23.1 Å². The van der Waals surface area contributed by atoms with Gasteiger partial charge in [0.05, 0.1) is 17.6 Å². The summed E-state index contributed by atoms with van der Waals surface area (Å²) in [5.41, 5.74) is 12.8. The maximum atomic E-state index is 11.8. The van der Waals surface area contributed by atoms with Crippen LogP contribution < -0.4 is 5.73 Å². The Morgan fingerprint density at radius 1 is 1.10 bits per heavy atom. The van der Waals surface area contributed by atoms with E-state index in [2.05, 4.69) is 15.1 Å². The largest absolute Gasteiger partial charge is 0.383 e. The Labute approximate surface area is 176 Å². The second kappa shape index (κ2) is 7.60. The van der Waals surface area contributed by atoms with Crippen LogP contribution in [0.25, 0.3) is 28.0 Å². The summed E-state index contributed by atoms with van der Waals surface area (Å²) in [5, 5.41) is 4.48. The van der Waals surface area contributed by atoms with Crippen molar-refractivity contribution in [1.29, 1.82) is 0 Å². The van der Waals surface area contributed by atoms with E-state index in [-0.39, 0.29) is 5.92 Å². The molecule has 0 aliphatic carbocycles. The minimum Gasteiger partial charge on any atom is -0.383 e. The summed E-state index contributed by atoms with van der Waals surface area (Å²) >= 11 is 0. The molecule has 4 aromatic heterocycles. The van der Waals surface area contributed by atoms with Crippen molar-refractivity contribution in [3.05, 3.63) is 60.3 Å². The summed E-state index contributed by atoms with van der Waals surface area (Å²) in [6.07, 6.45) is 8.92. The van der Waals surface area contributed by atoms with Gasteiger partial charge in [-0.1, -0.05) is 6.07 Å². The van der Waals surface area contributed by atoms with Crippen LogP contribution >= 0.6 is 0 Å². The Kier molecular flexibility index (Phi) is 4.78. The number of hydrogen-bond acceptors (Lipinski definition) is 6. The molecule has 0 saturated carbocycles. The zero-order chi connectivity index (χ0) is 20.7. The third-order valence-corrected chi connectivity index (χ3v) is 7.16. The summed E-state index contributed by atoms with van der Waals surface area (Å²) in [7, 11) is -0.708. The van der Waals surface area contributed by atoms with Gasteiger partial charge in [0.15, 0.2) is 5.65 Å². The van der Waals surface area contributed by atoms with Gasteiger partial charge in [0.25, 0.3) is 0 Å². The van der Waals surface area contributed by atoms with Crippen molar-refractivity contribution in [3.8, 4) is 22.4 Å². The van der Waals surface area contributed by atoms with Gasteiger partial charge >= 0.3 is 0 Å². The molecule has 30 heavy (non-hydrogen) atoms. The molecule has 0 radical (unpaired) electrons. The van der Waals surface area contributed by atoms with Crippen LogP contribution in [0.1, 0.15) is 30.0 Å². The van der Waals surface area contributed by atoms with Crippen molar-refractivity contribution in [1.82, 2.24) is 24.6 Å². The fourth-order valence-electron chi connectivity index (χ4n) is 4.02. The first kappa shape index (κ1) is 18.9. The van der Waals surface area contributed by atoms with Crippen molar-refractivity contribution in [2.45, 2.75) is 25.7 Å². The predicted molar refractivity (Wildman–Crippen MR) is 118 cm³/mol. The second-order valence-electron chi connectivity index (χ2n) is 7.60. The van der Waals surface area contributed by atoms with Crippen molar-refractivity contribution in [2.75, 3.05) is 17.2 Å². The lowest BCUT2D eigenvalue weighted by Crippen LogP contribution is -2.20. The molecule has 1 aliphatic heterocycles. The number of rotatable bonds is 3. The molecule has 1 saturated heterocycles. The van der Waals surface area contributed by atoms with Crippen LogP contribution in [0.3, 0.4) is 0 Å². The normalized spacial score (nSPS) is 19.2. The average molecular weight is 419 g/mol. The van der Waals surface area contributed by atoms with Crippen LogP contribution in [0.4, 0.5) is 5.82 Å². The summed E-state index contributed by atoms with van der Waals surface area (Å²) in [4.78, 5) is 13.7. The molecule has 0 amide bonds. The van der Waals surface area contributed by atoms with E-state index in [1.807, 2.05) is 37.4 Å². The quantitative estimate of drug-likeness (QED) is 0.548. The molecular formula is C22H22N6OS. The van der Waals surface area contributed by atoms with Gasteiger partial charge in [-0.05, 0) is 38.0 Å². The Bertz CT molecular complexity index is 1230. The van der Waals surface area contributed by atoms with Crippen LogP contribution in [0.2, 0.25) is 0 Å². The molecule has 2 N–H and O–H groups in total. The number of aromatic nitrogens is 5. The van der Waals surface area contributed by atoms with Gasteiger partial charge in [0, 0.05) is 69.1 Å². The summed E-state index contributed by atoms with van der Waals surface area (Å²) in [6.45, 7) is 1.99. The smallest absolute Gasteiger partial charge is 0.165 e. The SMILES string of the molecule is Cc1c(C2CCS(=O)CC2)nc2c(-c3ccc(-c4cccnc4)nc3)cnn2c1N. The Balaban J connectivity index is 1.56. The number of nitrogens with zero attached hydrogens (tertiary/aromatic N) is 5. The molecule has 4 aromatic rings. The maximum absolute atomic E-state index is 11.8. The first-order valence-corrected chi connectivity index (χ1v) is 11.5. The molecule has 5 rings (SSSR count). The highest BCUT2D eigenvalue weighted by molar-refractivity contribution is 7.85. The molecule has 8 heteroatoms. The van der Waals surface area contributed by atoms with Crippen LogP contribution in [0.5, 0.6) is 0 Å². The van der Waals surface area contributed by atoms with Crippen LogP contribution in [0.15, 0.2) is 49.1 Å². The van der Waals surface area contributed by atoms with Crippen LogP contribution in [-0.2, 0) is 10.8 Å². The van der Waals surface area contributed by atoms with E-state index in [1.165, 1.54) is 0 Å². The zero-order valence-electron chi connectivity index (χ0n) is 16.7. The summed E-state index contributed by atoms with van der Waals surface area (Å²) in [6, 6.07) is 7.88. The Hall–Kier alpha value is -3.13. The minimum atomic E-state index is -0.708. The lowest BCUT2D eigenvalue weighted by atomic mass is 9.95. The average Bonchev–Trinajstić information content (AvgIpc) is 3.22. The standard InChI is InChI=1S/C22H22N6OS/c1-14-20(15-6-9-30(29)10-7-15)27-22-18(13-26-28(22)21(14)23)16-4-5-19(25-12-16)17-3-2-8-24-11-17/h2-5,8,11-13,15H,6-7,9-10,23H2,1H3. The molecule has 1 fully saturated rings. The first-order chi connectivity index (χ1) is 14.6. The minimum absolute atomic E-state index is 0.281. The molecule has 1 aliphatic rings. The highest BCUT2D eigenvalue weighted by Crippen LogP contribution is 2.34.